The Morgan fingerprint density at radius 2 is 1.37 bits per heavy atom. The second-order valence-electron chi connectivity index (χ2n) is 17.6. The maximum Gasteiger partial charge on any atom is 0.325 e. The van der Waals surface area contributed by atoms with Gasteiger partial charge in [0.2, 0.25) is 39.6 Å². The molecule has 5 rings (SSSR count). The van der Waals surface area contributed by atoms with Gasteiger partial charge in [-0.05, 0) is 117 Å². The molecular weight excluding hydrogens is 983 g/mol. The Kier molecular flexibility index (Phi) is 19.5. The van der Waals surface area contributed by atoms with Crippen LogP contribution in [0.3, 0.4) is 0 Å². The van der Waals surface area contributed by atoms with Crippen molar-refractivity contribution in [2.75, 3.05) is 33.9 Å². The molecule has 1 aliphatic rings. The molecule has 4 amide bonds. The van der Waals surface area contributed by atoms with Crippen molar-refractivity contribution >= 4 is 55.6 Å². The number of guanidine groups is 1. The zero-order chi connectivity index (χ0) is 53.8. The summed E-state index contributed by atoms with van der Waals surface area (Å²) in [5.41, 5.74) is 17.0. The normalized spacial score (nSPS) is 15.5. The van der Waals surface area contributed by atoms with E-state index in [1.54, 1.807) is 108 Å². The summed E-state index contributed by atoms with van der Waals surface area (Å²) in [6.45, 7) is 9.08. The number of nitrogens with zero attached hydrogens (tertiary/aromatic N) is 2. The third kappa shape index (κ3) is 14.5. The van der Waals surface area contributed by atoms with E-state index in [-0.39, 0.29) is 55.4 Å². The molecule has 1 aliphatic heterocycles. The van der Waals surface area contributed by atoms with Gasteiger partial charge in [0.05, 0.1) is 30.4 Å². The summed E-state index contributed by atoms with van der Waals surface area (Å²) < 4.78 is 74.8. The van der Waals surface area contributed by atoms with E-state index in [0.717, 1.165) is 5.56 Å². The fourth-order valence-corrected chi connectivity index (χ4v) is 11.4. The van der Waals surface area contributed by atoms with Gasteiger partial charge in [0.25, 0.3) is 10.0 Å². The zero-order valence-corrected chi connectivity index (χ0v) is 43.8. The Morgan fingerprint density at radius 3 is 1.95 bits per heavy atom. The molecule has 1 saturated heterocycles. The molecule has 1 heterocycles. The highest BCUT2D eigenvalue weighted by Crippen LogP contribution is 2.32. The Balaban J connectivity index is 1.28. The molecule has 0 aliphatic carbocycles. The monoisotopic (exact) mass is 1050 g/mol. The smallest absolute Gasteiger partial charge is 0.325 e. The highest BCUT2D eigenvalue weighted by atomic mass is 32.2. The summed E-state index contributed by atoms with van der Waals surface area (Å²) in [6.07, 6.45) is -0.604. The van der Waals surface area contributed by atoms with E-state index in [0.29, 0.717) is 56.0 Å². The number of aryl methyl sites for hydroxylation is 2. The Hall–Kier alpha value is -7.08. The van der Waals surface area contributed by atoms with Gasteiger partial charge in [-0.2, -0.15) is 0 Å². The van der Waals surface area contributed by atoms with Crippen LogP contribution in [0, 0.1) is 41.5 Å². The molecule has 3 atom stereocenters. The number of aliphatic imine (C=N–C) groups is 1. The molecule has 0 radical (unpaired) electrons. The first-order chi connectivity index (χ1) is 34.5. The third-order valence-corrected chi connectivity index (χ3v) is 15.8. The highest BCUT2D eigenvalue weighted by Gasteiger charge is 2.41. The molecule has 0 spiro atoms. The number of carbonyl (C=O) groups is 5. The van der Waals surface area contributed by atoms with Crippen LogP contribution >= 0.6 is 0 Å². The number of rotatable bonds is 23. The van der Waals surface area contributed by atoms with Crippen LogP contribution in [0.5, 0.6) is 11.5 Å². The Labute approximate surface area is 426 Å². The lowest BCUT2D eigenvalue weighted by molar-refractivity contribution is -0.151. The number of ether oxygens (including phenoxy) is 3. The number of amides is 4. The summed E-state index contributed by atoms with van der Waals surface area (Å²) in [7, 11) is -5.12. The molecule has 0 saturated carbocycles. The number of hydrogen-bond acceptors (Lipinski definition) is 14. The summed E-state index contributed by atoms with van der Waals surface area (Å²) in [4.78, 5) is 73.0. The molecule has 0 bridgehead atoms. The fraction of sp³-hybridized carbons (Fsp3) is 0.400. The number of sulfonamides is 2. The zero-order valence-electron chi connectivity index (χ0n) is 42.2. The molecule has 4 aromatic carbocycles. The van der Waals surface area contributed by atoms with Gasteiger partial charge in [-0.1, -0.05) is 54.6 Å². The predicted octanol–water partition coefficient (Wildman–Crippen LogP) is 2.00. The second kappa shape index (κ2) is 25.0. The number of carbonyl (C=O) groups excluding carboxylic acids is 5. The van der Waals surface area contributed by atoms with Crippen molar-refractivity contribution in [3.63, 3.8) is 0 Å². The van der Waals surface area contributed by atoms with E-state index in [2.05, 4.69) is 30.4 Å². The summed E-state index contributed by atoms with van der Waals surface area (Å²) >= 11 is 0. The lowest BCUT2D eigenvalue weighted by Gasteiger charge is -2.38. The number of nitrogens with one attached hydrogen (secondary N) is 5. The molecule has 23 heteroatoms. The number of piperazine rings is 1. The van der Waals surface area contributed by atoms with Crippen LogP contribution in [0.25, 0.3) is 0 Å². The van der Waals surface area contributed by atoms with Gasteiger partial charge in [-0.25, -0.2) is 26.3 Å². The first kappa shape index (κ1) is 56.8. The van der Waals surface area contributed by atoms with Crippen molar-refractivity contribution in [3.8, 4) is 11.5 Å². The molecular formula is C50H65N9O12S2. The second-order valence-corrected chi connectivity index (χ2v) is 20.9. The maximum absolute atomic E-state index is 13.8. The third-order valence-electron chi connectivity index (χ3n) is 12.4. The van der Waals surface area contributed by atoms with E-state index in [1.807, 2.05) is 0 Å². The first-order valence-electron chi connectivity index (χ1n) is 23.3. The van der Waals surface area contributed by atoms with Crippen LogP contribution in [0.1, 0.15) is 69.3 Å². The van der Waals surface area contributed by atoms with Crippen LogP contribution < -0.4 is 46.3 Å². The van der Waals surface area contributed by atoms with Crippen LogP contribution in [-0.4, -0.2) is 109 Å². The molecule has 0 aromatic heterocycles. The Morgan fingerprint density at radius 1 is 0.795 bits per heavy atom. The lowest BCUT2D eigenvalue weighted by Crippen LogP contribution is -2.65. The topological polar surface area (TPSA) is 309 Å². The molecule has 394 valence electrons. The molecule has 9 N–H and O–H groups in total. The molecule has 1 fully saturated rings. The molecule has 0 unspecified atom stereocenters. The van der Waals surface area contributed by atoms with Gasteiger partial charge >= 0.3 is 5.97 Å². The van der Waals surface area contributed by atoms with E-state index in [4.69, 9.17) is 25.7 Å². The van der Waals surface area contributed by atoms with Crippen molar-refractivity contribution in [1.29, 1.82) is 0 Å². The SMILES string of the molecule is COc1cc(C)c(S(=O)(=O)NCc2ccc(CN3C(=O)[C@H](CN)NC(=O)[C@H]3CC(=O)N[C@@H](CCCN=C(N)NS(=O)(=O)c3c(C)cc(OC)c(C)c3C)C(=O)NCC(=O)OCc3ccccc3)cc2)c(C)c1C. The van der Waals surface area contributed by atoms with E-state index in [1.165, 1.54) is 19.1 Å². The van der Waals surface area contributed by atoms with E-state index >= 15 is 0 Å². The van der Waals surface area contributed by atoms with Crippen molar-refractivity contribution in [3.05, 3.63) is 117 Å². The number of nitrogens with two attached hydrogens (primary N) is 2. The van der Waals surface area contributed by atoms with Gasteiger partial charge in [-0.3, -0.25) is 29.0 Å². The van der Waals surface area contributed by atoms with Gasteiger partial charge in [0.15, 0.2) is 0 Å². The average molecular weight is 1050 g/mol. The summed E-state index contributed by atoms with van der Waals surface area (Å²) in [6, 6.07) is 15.1. The maximum atomic E-state index is 13.8. The first-order valence-corrected chi connectivity index (χ1v) is 26.3. The van der Waals surface area contributed by atoms with Crippen LogP contribution in [0.2, 0.25) is 0 Å². The van der Waals surface area contributed by atoms with E-state index in [9.17, 15) is 40.8 Å². The fourth-order valence-electron chi connectivity index (χ4n) is 8.36. The average Bonchev–Trinajstić information content (AvgIpc) is 3.35. The Bertz CT molecular complexity index is 2950. The quantitative estimate of drug-likeness (QED) is 0.0242. The largest absolute Gasteiger partial charge is 0.496 e. The minimum Gasteiger partial charge on any atom is -0.496 e. The van der Waals surface area contributed by atoms with Gasteiger partial charge in [0.1, 0.15) is 42.8 Å². The minimum absolute atomic E-state index is 0.0128. The predicted molar refractivity (Wildman–Crippen MR) is 272 cm³/mol. The number of hydrogen-bond donors (Lipinski definition) is 7. The van der Waals surface area contributed by atoms with Gasteiger partial charge in [0, 0.05) is 26.2 Å². The van der Waals surface area contributed by atoms with Crippen molar-refractivity contribution in [2.24, 2.45) is 16.5 Å². The summed E-state index contributed by atoms with van der Waals surface area (Å²) in [5.74, 6) is -2.88. The summed E-state index contributed by atoms with van der Waals surface area (Å²) in [5, 5.41) is 7.65. The van der Waals surface area contributed by atoms with Crippen molar-refractivity contribution < 1.29 is 55.0 Å². The number of methoxy groups -OCH3 is 2. The van der Waals surface area contributed by atoms with Crippen molar-refractivity contribution in [2.45, 2.75) is 108 Å². The minimum atomic E-state index is -4.18. The van der Waals surface area contributed by atoms with E-state index < -0.39 is 86.7 Å². The van der Waals surface area contributed by atoms with Gasteiger partial charge < -0.3 is 46.5 Å². The number of benzene rings is 4. The molecule has 21 nitrogen and oxygen atoms in total. The van der Waals surface area contributed by atoms with Crippen LogP contribution in [0.15, 0.2) is 81.5 Å². The van der Waals surface area contributed by atoms with Gasteiger partial charge in [-0.15, -0.1) is 0 Å². The van der Waals surface area contributed by atoms with Crippen molar-refractivity contribution in [1.82, 2.24) is 30.3 Å². The molecule has 73 heavy (non-hydrogen) atoms. The lowest BCUT2D eigenvalue weighted by atomic mass is 10.0. The van der Waals surface area contributed by atoms with Crippen LogP contribution in [-0.2, 0) is 68.5 Å². The number of esters is 1. The standard InChI is InChI=1S/C50H65N9O12S2/c1-29-21-41(69-7)31(3)33(5)45(29)72(65,66)55-25-35-16-18-36(19-17-35)27-59-40(48(63)57-39(24-51)49(59)64)23-43(60)56-38(47(62)54-26-44(61)71-28-37-13-10-9-11-14-37)15-12-20-53-50(52)58-73(67,68)46-30(2)22-42(70-8)32(4)34(46)6/h9-11,13-14,16-19,21-22,38-40,55H,12,15,20,23-28,51H2,1-8H3,(H,54,62)(H,56,60)(H,57,63)(H3,52,53,58)/t38-,39-,40+/m0/s1. The highest BCUT2D eigenvalue weighted by molar-refractivity contribution is 7.90. The van der Waals surface area contributed by atoms with Crippen LogP contribution in [0.4, 0.5) is 0 Å². The molecule has 4 aromatic rings.